The lowest BCUT2D eigenvalue weighted by molar-refractivity contribution is -0.120. The van der Waals surface area contributed by atoms with Gasteiger partial charge in [0.25, 0.3) is 0 Å². The average Bonchev–Trinajstić information content (AvgIpc) is 3.01. The maximum absolute atomic E-state index is 13.2. The number of aromatic nitrogens is 1. The van der Waals surface area contributed by atoms with Crippen LogP contribution in [0.4, 0.5) is 17.2 Å². The normalized spacial score (nSPS) is 12.8. The molecule has 178 valence electrons. The molecule has 2 heterocycles. The summed E-state index contributed by atoms with van der Waals surface area (Å²) in [5, 5.41) is 2.75. The first-order chi connectivity index (χ1) is 17.0. The zero-order valence-electron chi connectivity index (χ0n) is 19.4. The predicted octanol–water partition coefficient (Wildman–Crippen LogP) is 3.76. The molecule has 1 aliphatic rings. The van der Waals surface area contributed by atoms with Gasteiger partial charge < -0.3 is 14.8 Å². The number of aliphatic imine (C=N–C) groups is 1. The number of methoxy groups -OCH3 is 1. The number of pyridine rings is 1. The number of amides is 2. The number of carbonyl (C=O) groups is 3. The van der Waals surface area contributed by atoms with Crippen LogP contribution in [0.15, 0.2) is 71.9 Å². The summed E-state index contributed by atoms with van der Waals surface area (Å²) in [6.07, 6.45) is 1.54. The van der Waals surface area contributed by atoms with Gasteiger partial charge in [-0.1, -0.05) is 12.1 Å². The maximum atomic E-state index is 13.2. The Balaban J connectivity index is 1.52. The molecule has 0 spiro atoms. The molecule has 0 saturated carbocycles. The second kappa shape index (κ2) is 10.6. The fourth-order valence-corrected chi connectivity index (χ4v) is 3.61. The molecule has 0 bridgehead atoms. The van der Waals surface area contributed by atoms with Gasteiger partial charge in [0.05, 0.1) is 31.4 Å². The van der Waals surface area contributed by atoms with E-state index in [2.05, 4.69) is 15.3 Å². The van der Waals surface area contributed by atoms with Crippen molar-refractivity contribution in [2.75, 3.05) is 30.5 Å². The molecule has 9 heteroatoms. The molecule has 1 aromatic heterocycles. The molecular formula is C26H24N4O5. The van der Waals surface area contributed by atoms with Gasteiger partial charge >= 0.3 is 5.97 Å². The Morgan fingerprint density at radius 3 is 2.63 bits per heavy atom. The summed E-state index contributed by atoms with van der Waals surface area (Å²) < 4.78 is 10.3. The molecule has 1 N–H and O–H groups in total. The monoisotopic (exact) mass is 472 g/mol. The number of ether oxygens (including phenoxy) is 2. The molecule has 2 aromatic carbocycles. The number of benzene rings is 2. The van der Waals surface area contributed by atoms with E-state index < -0.39 is 11.9 Å². The first kappa shape index (κ1) is 23.6. The number of anilines is 2. The summed E-state index contributed by atoms with van der Waals surface area (Å²) >= 11 is 0. The standard InChI is InChI=1S/C26H24N4O5/c1-3-35-26(33)17-9-11-19(12-10-17)28-23(31)16-30-24(32)15-22(18-6-4-7-20(14-18)34-2)29-21-8-5-13-27-25(21)30/h4-14H,3,15-16H2,1-2H3,(H,28,31). The van der Waals surface area contributed by atoms with E-state index in [4.69, 9.17) is 9.47 Å². The zero-order chi connectivity index (χ0) is 24.8. The van der Waals surface area contributed by atoms with E-state index in [1.54, 1.807) is 56.6 Å². The van der Waals surface area contributed by atoms with Crippen LogP contribution < -0.4 is 15.0 Å². The second-order valence-electron chi connectivity index (χ2n) is 7.64. The highest BCUT2D eigenvalue weighted by atomic mass is 16.5. The van der Waals surface area contributed by atoms with Crippen molar-refractivity contribution in [3.63, 3.8) is 0 Å². The van der Waals surface area contributed by atoms with Crippen molar-refractivity contribution in [2.45, 2.75) is 13.3 Å². The lowest BCUT2D eigenvalue weighted by Gasteiger charge is -2.20. The van der Waals surface area contributed by atoms with Gasteiger partial charge in [-0.05, 0) is 55.5 Å². The van der Waals surface area contributed by atoms with E-state index in [9.17, 15) is 14.4 Å². The molecule has 0 saturated heterocycles. The van der Waals surface area contributed by atoms with Gasteiger partial charge in [-0.25, -0.2) is 14.8 Å². The minimum Gasteiger partial charge on any atom is -0.497 e. The number of fused-ring (bicyclic) bond motifs is 1. The number of rotatable bonds is 7. The highest BCUT2D eigenvalue weighted by Crippen LogP contribution is 2.31. The Bertz CT molecular complexity index is 1290. The van der Waals surface area contributed by atoms with Crippen molar-refractivity contribution < 1.29 is 23.9 Å². The van der Waals surface area contributed by atoms with Gasteiger partial charge in [0.1, 0.15) is 18.0 Å². The van der Waals surface area contributed by atoms with Gasteiger partial charge in [-0.2, -0.15) is 0 Å². The van der Waals surface area contributed by atoms with Crippen molar-refractivity contribution in [1.82, 2.24) is 4.98 Å². The Morgan fingerprint density at radius 1 is 1.09 bits per heavy atom. The summed E-state index contributed by atoms with van der Waals surface area (Å²) in [7, 11) is 1.57. The van der Waals surface area contributed by atoms with Crippen molar-refractivity contribution in [1.29, 1.82) is 0 Å². The van der Waals surface area contributed by atoms with E-state index in [1.165, 1.54) is 4.90 Å². The third-order valence-corrected chi connectivity index (χ3v) is 5.28. The van der Waals surface area contributed by atoms with Gasteiger partial charge in [0.15, 0.2) is 5.82 Å². The summed E-state index contributed by atoms with van der Waals surface area (Å²) in [6, 6.07) is 17.1. The molecule has 35 heavy (non-hydrogen) atoms. The maximum Gasteiger partial charge on any atom is 0.338 e. The Labute approximate surface area is 202 Å². The van der Waals surface area contributed by atoms with Crippen LogP contribution in [0.25, 0.3) is 0 Å². The molecule has 0 unspecified atom stereocenters. The number of nitrogens with one attached hydrogen (secondary N) is 1. The lowest BCUT2D eigenvalue weighted by Crippen LogP contribution is -2.39. The minimum absolute atomic E-state index is 0.00888. The Morgan fingerprint density at radius 2 is 1.89 bits per heavy atom. The second-order valence-corrected chi connectivity index (χ2v) is 7.64. The van der Waals surface area contributed by atoms with Crippen LogP contribution in [0, 0.1) is 0 Å². The number of hydrogen-bond acceptors (Lipinski definition) is 7. The van der Waals surface area contributed by atoms with E-state index in [-0.39, 0.29) is 25.5 Å². The van der Waals surface area contributed by atoms with Gasteiger partial charge in [0, 0.05) is 17.4 Å². The summed E-state index contributed by atoms with van der Waals surface area (Å²) in [6.45, 7) is 1.76. The molecule has 2 amide bonds. The van der Waals surface area contributed by atoms with Crippen molar-refractivity contribution in [2.24, 2.45) is 4.99 Å². The number of carbonyl (C=O) groups excluding carboxylic acids is 3. The Hall–Kier alpha value is -4.53. The fraction of sp³-hybridized carbons (Fsp3) is 0.192. The fourth-order valence-electron chi connectivity index (χ4n) is 3.61. The molecule has 0 atom stereocenters. The summed E-state index contributed by atoms with van der Waals surface area (Å²) in [5.41, 5.74) is 2.66. The van der Waals surface area contributed by atoms with Crippen molar-refractivity contribution in [3.8, 4) is 5.75 Å². The molecule has 1 aliphatic heterocycles. The quantitative estimate of drug-likeness (QED) is 0.524. The molecular weight excluding hydrogens is 448 g/mol. The largest absolute Gasteiger partial charge is 0.497 e. The predicted molar refractivity (Wildman–Crippen MR) is 131 cm³/mol. The van der Waals surface area contributed by atoms with Gasteiger partial charge in [-0.3, -0.25) is 14.5 Å². The molecule has 4 rings (SSSR count). The van der Waals surface area contributed by atoms with E-state index in [1.807, 2.05) is 24.3 Å². The molecule has 0 aliphatic carbocycles. The SMILES string of the molecule is CCOC(=O)c1ccc(NC(=O)CN2C(=O)CC(c3cccc(OC)c3)=Nc3cccnc32)cc1. The Kier molecular flexibility index (Phi) is 7.15. The van der Waals surface area contributed by atoms with Crippen LogP contribution in [-0.4, -0.2) is 48.7 Å². The highest BCUT2D eigenvalue weighted by molar-refractivity contribution is 6.18. The number of nitrogens with zero attached hydrogens (tertiary/aromatic N) is 3. The van der Waals surface area contributed by atoms with E-state index in [0.29, 0.717) is 34.2 Å². The number of hydrogen-bond donors (Lipinski definition) is 1. The first-order valence-electron chi connectivity index (χ1n) is 11.0. The number of esters is 1. The minimum atomic E-state index is -0.435. The topological polar surface area (TPSA) is 110 Å². The average molecular weight is 473 g/mol. The molecule has 0 radical (unpaired) electrons. The van der Waals surface area contributed by atoms with E-state index in [0.717, 1.165) is 5.56 Å². The third-order valence-electron chi connectivity index (χ3n) is 5.28. The highest BCUT2D eigenvalue weighted by Gasteiger charge is 2.28. The van der Waals surface area contributed by atoms with Gasteiger partial charge in [-0.15, -0.1) is 0 Å². The van der Waals surface area contributed by atoms with Crippen molar-refractivity contribution in [3.05, 3.63) is 78.0 Å². The van der Waals surface area contributed by atoms with Crippen LogP contribution in [0.2, 0.25) is 0 Å². The van der Waals surface area contributed by atoms with Crippen LogP contribution in [-0.2, 0) is 14.3 Å². The van der Waals surface area contributed by atoms with E-state index >= 15 is 0 Å². The van der Waals surface area contributed by atoms with Crippen LogP contribution in [0.1, 0.15) is 29.3 Å². The van der Waals surface area contributed by atoms with Crippen LogP contribution >= 0.6 is 0 Å². The van der Waals surface area contributed by atoms with Crippen molar-refractivity contribution >= 4 is 40.7 Å². The summed E-state index contributed by atoms with van der Waals surface area (Å²) in [4.78, 5) is 48.2. The smallest absolute Gasteiger partial charge is 0.338 e. The van der Waals surface area contributed by atoms with Crippen LogP contribution in [0.5, 0.6) is 5.75 Å². The molecule has 3 aromatic rings. The summed E-state index contributed by atoms with van der Waals surface area (Å²) in [5.74, 6) is -0.197. The molecule has 9 nitrogen and oxygen atoms in total. The third kappa shape index (κ3) is 5.52. The van der Waals surface area contributed by atoms with Gasteiger partial charge in [0.2, 0.25) is 11.8 Å². The zero-order valence-corrected chi connectivity index (χ0v) is 19.4. The van der Waals surface area contributed by atoms with Crippen LogP contribution in [0.3, 0.4) is 0 Å². The lowest BCUT2D eigenvalue weighted by atomic mass is 10.1. The first-order valence-corrected chi connectivity index (χ1v) is 11.0. The molecule has 0 fully saturated rings.